The van der Waals surface area contributed by atoms with Crippen molar-refractivity contribution in [3.05, 3.63) is 42.3 Å². The smallest absolute Gasteiger partial charge is 0.226 e. The van der Waals surface area contributed by atoms with E-state index in [-0.39, 0.29) is 5.91 Å². The van der Waals surface area contributed by atoms with Gasteiger partial charge in [0.15, 0.2) is 11.5 Å². The number of nitrogens with zero attached hydrogens (tertiary/aromatic N) is 2. The van der Waals surface area contributed by atoms with Gasteiger partial charge in [-0.25, -0.2) is 0 Å². The molecule has 2 aromatic carbocycles. The summed E-state index contributed by atoms with van der Waals surface area (Å²) in [6, 6.07) is 10.8. The molecule has 0 spiro atoms. The molecule has 0 aliphatic carbocycles. The van der Waals surface area contributed by atoms with E-state index in [1.165, 1.54) is 7.11 Å². The number of nitrogens with one attached hydrogen (secondary N) is 1. The summed E-state index contributed by atoms with van der Waals surface area (Å²) in [5.74, 6) is 2.81. The molecule has 0 fully saturated rings. The molecule has 9 heteroatoms. The minimum Gasteiger partial charge on any atom is -0.495 e. The molecule has 0 unspecified atom stereocenters. The first-order chi connectivity index (χ1) is 15.1. The van der Waals surface area contributed by atoms with Crippen LogP contribution in [0, 0.1) is 0 Å². The maximum atomic E-state index is 12.2. The highest BCUT2D eigenvalue weighted by molar-refractivity contribution is 5.92. The number of carbonyl (C=O) groups excluding carboxylic acids is 1. The third-order valence-corrected chi connectivity index (χ3v) is 4.57. The predicted octanol–water partition coefficient (Wildman–Crippen LogP) is 3.73. The molecule has 1 amide bonds. The summed E-state index contributed by atoms with van der Waals surface area (Å²) >= 11 is 0. The Morgan fingerprint density at radius 1 is 0.968 bits per heavy atom. The lowest BCUT2D eigenvalue weighted by Crippen LogP contribution is -2.12. The molecule has 3 aromatic rings. The number of aryl methyl sites for hydroxylation is 1. The quantitative estimate of drug-likeness (QED) is 0.522. The molecular weight excluding hydrogens is 402 g/mol. The van der Waals surface area contributed by atoms with Crippen molar-refractivity contribution in [1.29, 1.82) is 0 Å². The van der Waals surface area contributed by atoms with Gasteiger partial charge >= 0.3 is 0 Å². The number of methoxy groups -OCH3 is 4. The van der Waals surface area contributed by atoms with Crippen LogP contribution in [0.2, 0.25) is 0 Å². The van der Waals surface area contributed by atoms with Gasteiger partial charge in [0.05, 0.1) is 34.1 Å². The van der Waals surface area contributed by atoms with E-state index >= 15 is 0 Å². The fourth-order valence-electron chi connectivity index (χ4n) is 3.04. The van der Waals surface area contributed by atoms with Gasteiger partial charge in [-0.15, -0.1) is 0 Å². The van der Waals surface area contributed by atoms with Crippen LogP contribution in [0.3, 0.4) is 0 Å². The van der Waals surface area contributed by atoms with Crippen molar-refractivity contribution in [2.24, 2.45) is 0 Å². The van der Waals surface area contributed by atoms with Crippen LogP contribution in [-0.4, -0.2) is 44.5 Å². The molecule has 1 aromatic heterocycles. The Kier molecular flexibility index (Phi) is 7.31. The number of aromatic nitrogens is 2. The summed E-state index contributed by atoms with van der Waals surface area (Å²) in [7, 11) is 6.18. The van der Waals surface area contributed by atoms with Crippen LogP contribution in [0.25, 0.3) is 11.4 Å². The van der Waals surface area contributed by atoms with E-state index in [4.69, 9.17) is 23.5 Å². The first-order valence-electron chi connectivity index (χ1n) is 9.65. The number of hydrogen-bond acceptors (Lipinski definition) is 8. The van der Waals surface area contributed by atoms with E-state index in [9.17, 15) is 4.79 Å². The SMILES string of the molecule is COc1ccccc1NC(=O)CCCc1nc(-c2cc(OC)c(OC)c(OC)c2)no1. The molecule has 3 rings (SSSR count). The highest BCUT2D eigenvalue weighted by Gasteiger charge is 2.17. The van der Waals surface area contributed by atoms with Gasteiger partial charge in [-0.3, -0.25) is 4.79 Å². The molecule has 0 saturated carbocycles. The predicted molar refractivity (Wildman–Crippen MR) is 114 cm³/mol. The van der Waals surface area contributed by atoms with Gasteiger partial charge in [0.25, 0.3) is 0 Å². The molecule has 0 aliphatic heterocycles. The summed E-state index contributed by atoms with van der Waals surface area (Å²) in [4.78, 5) is 16.6. The number of carbonyl (C=O) groups is 1. The summed E-state index contributed by atoms with van der Waals surface area (Å²) in [5, 5.41) is 6.87. The van der Waals surface area contributed by atoms with Crippen LogP contribution in [0.4, 0.5) is 5.69 Å². The molecule has 0 saturated heterocycles. The van der Waals surface area contributed by atoms with Crippen molar-refractivity contribution < 1.29 is 28.3 Å². The highest BCUT2D eigenvalue weighted by atomic mass is 16.5. The Balaban J connectivity index is 1.61. The second-order valence-electron chi connectivity index (χ2n) is 6.53. The summed E-state index contributed by atoms with van der Waals surface area (Å²) in [6.45, 7) is 0. The zero-order chi connectivity index (χ0) is 22.2. The Labute approximate surface area is 180 Å². The molecule has 1 N–H and O–H groups in total. The average molecular weight is 427 g/mol. The largest absolute Gasteiger partial charge is 0.495 e. The molecule has 1 heterocycles. The van der Waals surface area contributed by atoms with Crippen molar-refractivity contribution in [3.8, 4) is 34.4 Å². The van der Waals surface area contributed by atoms with Crippen LogP contribution in [0.15, 0.2) is 40.9 Å². The first-order valence-corrected chi connectivity index (χ1v) is 9.65. The van der Waals surface area contributed by atoms with Gasteiger partial charge in [0.2, 0.25) is 23.4 Å². The molecule has 31 heavy (non-hydrogen) atoms. The summed E-state index contributed by atoms with van der Waals surface area (Å²) in [5.41, 5.74) is 1.30. The van der Waals surface area contributed by atoms with E-state index in [1.807, 2.05) is 12.1 Å². The maximum absolute atomic E-state index is 12.2. The topological polar surface area (TPSA) is 105 Å². The van der Waals surface area contributed by atoms with Gasteiger partial charge in [-0.05, 0) is 30.7 Å². The lowest BCUT2D eigenvalue weighted by molar-refractivity contribution is -0.116. The highest BCUT2D eigenvalue weighted by Crippen LogP contribution is 2.40. The van der Waals surface area contributed by atoms with Crippen molar-refractivity contribution in [1.82, 2.24) is 10.1 Å². The third-order valence-electron chi connectivity index (χ3n) is 4.57. The van der Waals surface area contributed by atoms with Crippen LogP contribution in [0.5, 0.6) is 23.0 Å². The lowest BCUT2D eigenvalue weighted by Gasteiger charge is -2.12. The Morgan fingerprint density at radius 2 is 1.65 bits per heavy atom. The van der Waals surface area contributed by atoms with E-state index in [2.05, 4.69) is 15.5 Å². The van der Waals surface area contributed by atoms with Crippen LogP contribution in [0.1, 0.15) is 18.7 Å². The number of para-hydroxylation sites is 2. The number of amides is 1. The fraction of sp³-hybridized carbons (Fsp3) is 0.318. The summed E-state index contributed by atoms with van der Waals surface area (Å²) < 4.78 is 26.6. The van der Waals surface area contributed by atoms with Crippen molar-refractivity contribution in [2.75, 3.05) is 33.8 Å². The molecule has 0 atom stereocenters. The minimum atomic E-state index is -0.117. The first kappa shape index (κ1) is 21.9. The molecule has 9 nitrogen and oxygen atoms in total. The van der Waals surface area contributed by atoms with Gasteiger partial charge in [-0.1, -0.05) is 17.3 Å². The normalized spacial score (nSPS) is 10.5. The zero-order valence-electron chi connectivity index (χ0n) is 17.9. The van der Waals surface area contributed by atoms with E-state index in [1.54, 1.807) is 45.6 Å². The van der Waals surface area contributed by atoms with Crippen LogP contribution < -0.4 is 24.3 Å². The molecule has 0 bridgehead atoms. The number of ether oxygens (including phenoxy) is 4. The van der Waals surface area contributed by atoms with Gasteiger partial charge < -0.3 is 28.8 Å². The number of hydrogen-bond donors (Lipinski definition) is 1. The van der Waals surface area contributed by atoms with Gasteiger partial charge in [-0.2, -0.15) is 4.98 Å². The Bertz CT molecular complexity index is 1010. The Morgan fingerprint density at radius 3 is 2.29 bits per heavy atom. The van der Waals surface area contributed by atoms with Crippen molar-refractivity contribution >= 4 is 11.6 Å². The summed E-state index contributed by atoms with van der Waals surface area (Å²) in [6.07, 6.45) is 1.33. The van der Waals surface area contributed by atoms with Crippen LogP contribution >= 0.6 is 0 Å². The van der Waals surface area contributed by atoms with E-state index in [0.29, 0.717) is 65.2 Å². The molecule has 0 aliphatic rings. The average Bonchev–Trinajstić information content (AvgIpc) is 3.27. The zero-order valence-corrected chi connectivity index (χ0v) is 17.9. The molecule has 0 radical (unpaired) electrons. The molecular formula is C22H25N3O6. The fourth-order valence-corrected chi connectivity index (χ4v) is 3.04. The second kappa shape index (κ2) is 10.3. The standard InChI is InChI=1S/C22H25N3O6/c1-27-16-9-6-5-8-15(16)23-19(26)10-7-11-20-24-22(25-31-20)14-12-17(28-2)21(30-4)18(13-14)29-3/h5-6,8-9,12-13H,7,10-11H2,1-4H3,(H,23,26). The monoisotopic (exact) mass is 427 g/mol. The van der Waals surface area contributed by atoms with Crippen molar-refractivity contribution in [2.45, 2.75) is 19.3 Å². The van der Waals surface area contributed by atoms with Crippen molar-refractivity contribution in [3.63, 3.8) is 0 Å². The minimum absolute atomic E-state index is 0.117. The number of benzene rings is 2. The number of anilines is 1. The third kappa shape index (κ3) is 5.25. The van der Waals surface area contributed by atoms with Crippen LogP contribution in [-0.2, 0) is 11.2 Å². The van der Waals surface area contributed by atoms with Gasteiger partial charge in [0.1, 0.15) is 5.75 Å². The second-order valence-corrected chi connectivity index (χ2v) is 6.53. The Hall–Kier alpha value is -3.75. The van der Waals surface area contributed by atoms with E-state index in [0.717, 1.165) is 0 Å². The van der Waals surface area contributed by atoms with Gasteiger partial charge in [0, 0.05) is 18.4 Å². The lowest BCUT2D eigenvalue weighted by atomic mass is 10.1. The van der Waals surface area contributed by atoms with E-state index < -0.39 is 0 Å². The number of rotatable bonds is 10. The maximum Gasteiger partial charge on any atom is 0.226 e. The molecule has 164 valence electrons.